The average Bonchev–Trinajstić information content (AvgIpc) is 3.38. The van der Waals surface area contributed by atoms with E-state index in [1.54, 1.807) is 29.9 Å². The van der Waals surface area contributed by atoms with Crippen molar-refractivity contribution >= 4 is 24.1 Å². The third-order valence-electron chi connectivity index (χ3n) is 3.78. The molecule has 1 fully saturated rings. The topological polar surface area (TPSA) is 88.8 Å². The van der Waals surface area contributed by atoms with Crippen LogP contribution in [-0.2, 0) is 0 Å². The van der Waals surface area contributed by atoms with Crippen molar-refractivity contribution in [1.29, 1.82) is 0 Å². The molecule has 1 aliphatic carbocycles. The number of benzene rings is 1. The van der Waals surface area contributed by atoms with E-state index in [0.29, 0.717) is 17.2 Å². The first-order valence-corrected chi connectivity index (χ1v) is 7.80. The van der Waals surface area contributed by atoms with Crippen LogP contribution in [0.5, 0.6) is 17.4 Å². The summed E-state index contributed by atoms with van der Waals surface area (Å²) >= 11 is 5.12. The first kappa shape index (κ1) is 16.3. The number of methoxy groups -OCH3 is 2. The van der Waals surface area contributed by atoms with Gasteiger partial charge in [-0.2, -0.15) is 0 Å². The van der Waals surface area contributed by atoms with Gasteiger partial charge in [-0.15, -0.1) is 0 Å². The van der Waals surface area contributed by atoms with Gasteiger partial charge in [0.25, 0.3) is 5.56 Å². The summed E-state index contributed by atoms with van der Waals surface area (Å²) in [5, 5.41) is 10.4. The Morgan fingerprint density at radius 2 is 2.12 bits per heavy atom. The van der Waals surface area contributed by atoms with E-state index in [2.05, 4.69) is 9.98 Å². The molecule has 0 amide bonds. The molecule has 24 heavy (non-hydrogen) atoms. The molecule has 0 unspecified atom stereocenters. The number of hydrogen-bond donors (Lipinski definition) is 2. The number of rotatable bonds is 5. The predicted molar refractivity (Wildman–Crippen MR) is 92.6 cm³/mol. The highest BCUT2D eigenvalue weighted by Gasteiger charge is 2.27. The highest BCUT2D eigenvalue weighted by molar-refractivity contribution is 7.71. The van der Waals surface area contributed by atoms with Crippen molar-refractivity contribution < 1.29 is 14.6 Å². The van der Waals surface area contributed by atoms with Gasteiger partial charge in [-0.3, -0.25) is 19.3 Å². The molecule has 1 aromatic heterocycles. The van der Waals surface area contributed by atoms with Gasteiger partial charge < -0.3 is 14.6 Å². The SMILES string of the molecule is COc1ccc(OC)c(N=Cc2c(O)n(C3CC3)c(=S)[nH]c2=O)c1. The minimum Gasteiger partial charge on any atom is -0.497 e. The molecule has 0 radical (unpaired) electrons. The zero-order valence-electron chi connectivity index (χ0n) is 13.3. The first-order chi connectivity index (χ1) is 11.5. The normalized spacial score (nSPS) is 14.1. The Morgan fingerprint density at radius 3 is 2.75 bits per heavy atom. The maximum Gasteiger partial charge on any atom is 0.264 e. The van der Waals surface area contributed by atoms with Crippen molar-refractivity contribution in [2.24, 2.45) is 4.99 Å². The molecule has 1 saturated carbocycles. The van der Waals surface area contributed by atoms with Crippen LogP contribution in [0.2, 0.25) is 0 Å². The number of aromatic amines is 1. The number of nitrogens with one attached hydrogen (secondary N) is 1. The summed E-state index contributed by atoms with van der Waals surface area (Å²) in [4.78, 5) is 19.0. The van der Waals surface area contributed by atoms with Gasteiger partial charge in [0.2, 0.25) is 5.88 Å². The van der Waals surface area contributed by atoms with E-state index in [9.17, 15) is 9.90 Å². The van der Waals surface area contributed by atoms with Gasteiger partial charge in [0.05, 0.1) is 14.2 Å². The van der Waals surface area contributed by atoms with Crippen LogP contribution in [0.15, 0.2) is 28.0 Å². The second kappa shape index (κ2) is 6.48. The molecule has 2 N–H and O–H groups in total. The lowest BCUT2D eigenvalue weighted by atomic mass is 10.2. The third-order valence-corrected chi connectivity index (χ3v) is 4.08. The Hall–Kier alpha value is -2.61. The molecule has 0 spiro atoms. The lowest BCUT2D eigenvalue weighted by Crippen LogP contribution is -2.18. The van der Waals surface area contributed by atoms with Crippen molar-refractivity contribution in [1.82, 2.24) is 9.55 Å². The zero-order chi connectivity index (χ0) is 17.3. The molecule has 1 aromatic carbocycles. The van der Waals surface area contributed by atoms with Gasteiger partial charge in [0.1, 0.15) is 22.7 Å². The van der Waals surface area contributed by atoms with Crippen LogP contribution in [0.3, 0.4) is 0 Å². The van der Waals surface area contributed by atoms with Crippen LogP contribution in [-0.4, -0.2) is 35.1 Å². The van der Waals surface area contributed by atoms with Crippen molar-refractivity contribution in [2.45, 2.75) is 18.9 Å². The van der Waals surface area contributed by atoms with E-state index in [1.807, 2.05) is 0 Å². The summed E-state index contributed by atoms with van der Waals surface area (Å²) in [5.74, 6) is 0.963. The largest absolute Gasteiger partial charge is 0.497 e. The molecular weight excluding hydrogens is 330 g/mol. The van der Waals surface area contributed by atoms with Crippen molar-refractivity contribution in [2.75, 3.05) is 14.2 Å². The number of aliphatic imine (C=N–C) groups is 1. The van der Waals surface area contributed by atoms with Crippen molar-refractivity contribution in [3.05, 3.63) is 38.9 Å². The van der Waals surface area contributed by atoms with Gasteiger partial charge in [0, 0.05) is 18.3 Å². The molecule has 2 aromatic rings. The number of aromatic nitrogens is 2. The minimum absolute atomic E-state index is 0.0559. The van der Waals surface area contributed by atoms with E-state index in [1.165, 1.54) is 13.3 Å². The van der Waals surface area contributed by atoms with Gasteiger partial charge in [0.15, 0.2) is 4.77 Å². The predicted octanol–water partition coefficient (Wildman–Crippen LogP) is 2.71. The third kappa shape index (κ3) is 3.05. The molecule has 7 nitrogen and oxygen atoms in total. The number of ether oxygens (including phenoxy) is 2. The molecule has 0 aliphatic heterocycles. The monoisotopic (exact) mass is 347 g/mol. The fourth-order valence-corrected chi connectivity index (χ4v) is 2.70. The molecule has 0 bridgehead atoms. The zero-order valence-corrected chi connectivity index (χ0v) is 14.1. The van der Waals surface area contributed by atoms with Gasteiger partial charge in [-0.25, -0.2) is 0 Å². The van der Waals surface area contributed by atoms with Crippen LogP contribution in [0.25, 0.3) is 0 Å². The first-order valence-electron chi connectivity index (χ1n) is 7.39. The summed E-state index contributed by atoms with van der Waals surface area (Å²) in [6.45, 7) is 0. The Labute approximate surface area is 143 Å². The van der Waals surface area contributed by atoms with Gasteiger partial charge in [-0.1, -0.05) is 0 Å². The maximum absolute atomic E-state index is 12.1. The summed E-state index contributed by atoms with van der Waals surface area (Å²) in [6, 6.07) is 5.27. The van der Waals surface area contributed by atoms with Gasteiger partial charge in [-0.05, 0) is 37.2 Å². The van der Waals surface area contributed by atoms with E-state index in [0.717, 1.165) is 12.8 Å². The second-order valence-electron chi connectivity index (χ2n) is 5.39. The number of H-pyrrole nitrogens is 1. The quantitative estimate of drug-likeness (QED) is 0.641. The van der Waals surface area contributed by atoms with Crippen LogP contribution in [0.1, 0.15) is 24.4 Å². The van der Waals surface area contributed by atoms with Crippen LogP contribution >= 0.6 is 12.2 Å². The molecule has 8 heteroatoms. The number of aromatic hydroxyl groups is 1. The molecule has 0 saturated heterocycles. The van der Waals surface area contributed by atoms with Crippen LogP contribution in [0, 0.1) is 4.77 Å². The fraction of sp³-hybridized carbons (Fsp3) is 0.312. The molecule has 0 atom stereocenters. The van der Waals surface area contributed by atoms with Crippen molar-refractivity contribution in [3.63, 3.8) is 0 Å². The number of hydrogen-bond acceptors (Lipinski definition) is 6. The van der Waals surface area contributed by atoms with Crippen LogP contribution < -0.4 is 15.0 Å². The Morgan fingerprint density at radius 1 is 1.38 bits per heavy atom. The van der Waals surface area contributed by atoms with Crippen LogP contribution in [0.4, 0.5) is 5.69 Å². The Kier molecular flexibility index (Phi) is 4.39. The minimum atomic E-state index is -0.486. The van der Waals surface area contributed by atoms with E-state index >= 15 is 0 Å². The Bertz CT molecular complexity index is 913. The number of nitrogens with zero attached hydrogens (tertiary/aromatic N) is 2. The van der Waals surface area contributed by atoms with Crippen molar-refractivity contribution in [3.8, 4) is 17.4 Å². The Balaban J connectivity index is 2.05. The molecular formula is C16H17N3O4S. The summed E-state index contributed by atoms with van der Waals surface area (Å²) in [7, 11) is 3.07. The molecule has 3 rings (SSSR count). The average molecular weight is 347 g/mol. The lowest BCUT2D eigenvalue weighted by Gasteiger charge is -2.10. The van der Waals surface area contributed by atoms with Gasteiger partial charge >= 0.3 is 0 Å². The van der Waals surface area contributed by atoms with E-state index in [4.69, 9.17) is 21.7 Å². The lowest BCUT2D eigenvalue weighted by molar-refractivity contribution is 0.404. The van der Waals surface area contributed by atoms with E-state index < -0.39 is 5.56 Å². The summed E-state index contributed by atoms with van der Waals surface area (Å²) in [5.41, 5.74) is 0.0523. The summed E-state index contributed by atoms with van der Waals surface area (Å²) in [6.07, 6.45) is 3.15. The fourth-order valence-electron chi connectivity index (χ4n) is 2.37. The highest BCUT2D eigenvalue weighted by Crippen LogP contribution is 2.38. The smallest absolute Gasteiger partial charge is 0.264 e. The van der Waals surface area contributed by atoms with E-state index in [-0.39, 0.29) is 22.3 Å². The molecule has 1 aliphatic rings. The molecule has 126 valence electrons. The maximum atomic E-state index is 12.1. The second-order valence-corrected chi connectivity index (χ2v) is 5.78. The summed E-state index contributed by atoms with van der Waals surface area (Å²) < 4.78 is 12.2. The standard InChI is InChI=1S/C16H17N3O4S/c1-22-10-5-6-13(23-2)12(7-10)17-8-11-14(20)18-16(24)19(15(11)21)9-3-4-9/h5-9,21H,3-4H2,1-2H3,(H,18,20,24). The molecule has 1 heterocycles. The highest BCUT2D eigenvalue weighted by atomic mass is 32.1.